The van der Waals surface area contributed by atoms with E-state index in [1.807, 2.05) is 20.8 Å². The van der Waals surface area contributed by atoms with Crippen LogP contribution in [-0.2, 0) is 0 Å². The monoisotopic (exact) mass is 242 g/mol. The maximum Gasteiger partial charge on any atom is 0.130 e. The molecule has 1 unspecified atom stereocenters. The summed E-state index contributed by atoms with van der Waals surface area (Å²) < 4.78 is 26.6. The Labute approximate surface area is 101 Å². The minimum atomic E-state index is -0.561. The summed E-state index contributed by atoms with van der Waals surface area (Å²) in [6.45, 7) is 7.16. The molecule has 1 atom stereocenters. The number of nitrogens with two attached hydrogens (primary N) is 1. The second-order valence-corrected chi connectivity index (χ2v) is 4.34. The molecular formula is C13H20F2N2. The molecule has 0 aliphatic carbocycles. The van der Waals surface area contributed by atoms with Gasteiger partial charge in [-0.15, -0.1) is 0 Å². The van der Waals surface area contributed by atoms with Gasteiger partial charge in [0.1, 0.15) is 11.6 Å². The first-order valence-electron chi connectivity index (χ1n) is 5.92. The fourth-order valence-electron chi connectivity index (χ4n) is 2.16. The van der Waals surface area contributed by atoms with Gasteiger partial charge >= 0.3 is 0 Å². The number of hydrogen-bond donors (Lipinski definition) is 1. The van der Waals surface area contributed by atoms with Gasteiger partial charge in [-0.2, -0.15) is 0 Å². The van der Waals surface area contributed by atoms with E-state index < -0.39 is 11.6 Å². The molecule has 96 valence electrons. The molecule has 2 N–H and O–H groups in total. The average Bonchev–Trinajstić information content (AvgIpc) is 2.26. The van der Waals surface area contributed by atoms with E-state index in [4.69, 9.17) is 5.73 Å². The molecule has 17 heavy (non-hydrogen) atoms. The van der Waals surface area contributed by atoms with Gasteiger partial charge in [0.05, 0.1) is 6.04 Å². The van der Waals surface area contributed by atoms with Crippen molar-refractivity contribution in [2.45, 2.75) is 32.9 Å². The Morgan fingerprint density at radius 1 is 1.29 bits per heavy atom. The van der Waals surface area contributed by atoms with E-state index >= 15 is 0 Å². The Kier molecular flexibility index (Phi) is 5.02. The lowest BCUT2D eigenvalue weighted by molar-refractivity contribution is 0.163. The molecular weight excluding hydrogens is 222 g/mol. The number of benzene rings is 1. The zero-order valence-corrected chi connectivity index (χ0v) is 10.6. The first kappa shape index (κ1) is 14.1. The van der Waals surface area contributed by atoms with Gasteiger partial charge in [0, 0.05) is 24.2 Å². The van der Waals surface area contributed by atoms with Crippen LogP contribution in [0.4, 0.5) is 8.78 Å². The summed E-state index contributed by atoms with van der Waals surface area (Å²) in [5.74, 6) is -1.09. The van der Waals surface area contributed by atoms with Crippen LogP contribution in [0.15, 0.2) is 18.2 Å². The Balaban J connectivity index is 3.08. The van der Waals surface area contributed by atoms with Crippen molar-refractivity contribution in [3.63, 3.8) is 0 Å². The van der Waals surface area contributed by atoms with Crippen molar-refractivity contribution in [3.8, 4) is 0 Å². The van der Waals surface area contributed by atoms with E-state index in [9.17, 15) is 8.78 Å². The summed E-state index contributed by atoms with van der Waals surface area (Å²) in [4.78, 5) is 2.09. The Bertz CT molecular complexity index is 366. The molecule has 4 heteroatoms. The van der Waals surface area contributed by atoms with Gasteiger partial charge < -0.3 is 5.73 Å². The molecule has 2 nitrogen and oxygen atoms in total. The van der Waals surface area contributed by atoms with Gasteiger partial charge in [-0.1, -0.05) is 13.0 Å². The maximum absolute atomic E-state index is 13.7. The highest BCUT2D eigenvalue weighted by Crippen LogP contribution is 2.24. The van der Waals surface area contributed by atoms with Gasteiger partial charge in [-0.05, 0) is 26.5 Å². The molecule has 1 aromatic rings. The normalized spacial score (nSPS) is 13.4. The van der Waals surface area contributed by atoms with Gasteiger partial charge in [0.15, 0.2) is 0 Å². The Hall–Kier alpha value is -1.00. The molecule has 0 heterocycles. The molecule has 0 aliphatic rings. The zero-order valence-electron chi connectivity index (χ0n) is 10.6. The molecule has 0 aromatic heterocycles. The summed E-state index contributed by atoms with van der Waals surface area (Å²) in [5, 5.41) is 0. The van der Waals surface area contributed by atoms with Crippen LogP contribution in [0, 0.1) is 11.6 Å². The third kappa shape index (κ3) is 3.23. The smallest absolute Gasteiger partial charge is 0.130 e. The molecule has 0 bridgehead atoms. The molecule has 1 aromatic carbocycles. The van der Waals surface area contributed by atoms with E-state index in [1.54, 1.807) is 0 Å². The number of nitrogens with zero attached hydrogens (tertiary/aromatic N) is 1. The van der Waals surface area contributed by atoms with Crippen molar-refractivity contribution in [2.24, 2.45) is 5.73 Å². The zero-order chi connectivity index (χ0) is 13.0. The largest absolute Gasteiger partial charge is 0.329 e. The van der Waals surface area contributed by atoms with Crippen LogP contribution in [0.3, 0.4) is 0 Å². The van der Waals surface area contributed by atoms with Gasteiger partial charge in [0.2, 0.25) is 0 Å². The van der Waals surface area contributed by atoms with E-state index in [0.29, 0.717) is 12.1 Å². The summed E-state index contributed by atoms with van der Waals surface area (Å²) >= 11 is 0. The van der Waals surface area contributed by atoms with Crippen molar-refractivity contribution in [2.75, 3.05) is 13.1 Å². The van der Waals surface area contributed by atoms with Crippen molar-refractivity contribution in [1.29, 1.82) is 0 Å². The van der Waals surface area contributed by atoms with E-state index in [1.165, 1.54) is 12.1 Å². The highest BCUT2D eigenvalue weighted by molar-refractivity contribution is 5.22. The van der Waals surface area contributed by atoms with E-state index in [-0.39, 0.29) is 12.1 Å². The van der Waals surface area contributed by atoms with Gasteiger partial charge in [-0.25, -0.2) is 8.78 Å². The fraction of sp³-hybridized carbons (Fsp3) is 0.538. The SMILES string of the molecule is CCN(C(C)C)C(CN)c1ccc(F)cc1F. The lowest BCUT2D eigenvalue weighted by atomic mass is 10.0. The highest BCUT2D eigenvalue weighted by Gasteiger charge is 2.23. The summed E-state index contributed by atoms with van der Waals surface area (Å²) in [5.41, 5.74) is 6.19. The Morgan fingerprint density at radius 3 is 2.35 bits per heavy atom. The van der Waals surface area contributed by atoms with Crippen LogP contribution < -0.4 is 5.73 Å². The molecule has 0 fully saturated rings. The molecule has 0 saturated heterocycles. The van der Waals surface area contributed by atoms with Crippen LogP contribution in [0.2, 0.25) is 0 Å². The Morgan fingerprint density at radius 2 is 1.94 bits per heavy atom. The number of hydrogen-bond acceptors (Lipinski definition) is 2. The van der Waals surface area contributed by atoms with Crippen molar-refractivity contribution >= 4 is 0 Å². The standard InChI is InChI=1S/C13H20F2N2/c1-4-17(9(2)3)13(8-16)11-6-5-10(14)7-12(11)15/h5-7,9,13H,4,8,16H2,1-3H3. The minimum Gasteiger partial charge on any atom is -0.329 e. The first-order chi connectivity index (χ1) is 8.01. The predicted octanol–water partition coefficient (Wildman–Crippen LogP) is 2.69. The van der Waals surface area contributed by atoms with E-state index in [2.05, 4.69) is 4.90 Å². The average molecular weight is 242 g/mol. The maximum atomic E-state index is 13.7. The molecule has 0 amide bonds. The number of likely N-dealkylation sites (N-methyl/N-ethyl adjacent to an activating group) is 1. The second-order valence-electron chi connectivity index (χ2n) is 4.34. The minimum absolute atomic E-state index is 0.208. The summed E-state index contributed by atoms with van der Waals surface area (Å²) in [7, 11) is 0. The van der Waals surface area contributed by atoms with Crippen LogP contribution >= 0.6 is 0 Å². The fourth-order valence-corrected chi connectivity index (χ4v) is 2.16. The second kappa shape index (κ2) is 6.07. The van der Waals surface area contributed by atoms with Crippen molar-refractivity contribution in [3.05, 3.63) is 35.4 Å². The quantitative estimate of drug-likeness (QED) is 0.860. The van der Waals surface area contributed by atoms with E-state index in [0.717, 1.165) is 12.6 Å². The lowest BCUT2D eigenvalue weighted by Crippen LogP contribution is -2.38. The molecule has 0 spiro atoms. The van der Waals surface area contributed by atoms with Crippen LogP contribution in [0.5, 0.6) is 0 Å². The summed E-state index contributed by atoms with van der Waals surface area (Å²) in [6.07, 6.45) is 0. The van der Waals surface area contributed by atoms with Gasteiger partial charge in [-0.3, -0.25) is 4.90 Å². The van der Waals surface area contributed by atoms with Crippen LogP contribution in [-0.4, -0.2) is 24.0 Å². The lowest BCUT2D eigenvalue weighted by Gasteiger charge is -2.33. The molecule has 0 aliphatic heterocycles. The third-order valence-electron chi connectivity index (χ3n) is 2.97. The number of halogens is 2. The summed E-state index contributed by atoms with van der Waals surface area (Å²) in [6, 6.07) is 3.72. The van der Waals surface area contributed by atoms with Crippen LogP contribution in [0.1, 0.15) is 32.4 Å². The van der Waals surface area contributed by atoms with Crippen molar-refractivity contribution in [1.82, 2.24) is 4.90 Å². The highest BCUT2D eigenvalue weighted by atomic mass is 19.1. The van der Waals surface area contributed by atoms with Gasteiger partial charge in [0.25, 0.3) is 0 Å². The predicted molar refractivity (Wildman–Crippen MR) is 65.7 cm³/mol. The molecule has 0 saturated carbocycles. The topological polar surface area (TPSA) is 29.3 Å². The van der Waals surface area contributed by atoms with Crippen molar-refractivity contribution < 1.29 is 8.78 Å². The third-order valence-corrected chi connectivity index (χ3v) is 2.97. The van der Waals surface area contributed by atoms with Crippen LogP contribution in [0.25, 0.3) is 0 Å². The first-order valence-corrected chi connectivity index (χ1v) is 5.92. The molecule has 1 rings (SSSR count). The number of rotatable bonds is 5. The molecule has 0 radical (unpaired) electrons.